The molecule has 1 aromatic carbocycles. The second kappa shape index (κ2) is 14.4. The van der Waals surface area contributed by atoms with Crippen LogP contribution < -0.4 is 20.4 Å². The molecule has 0 saturated heterocycles. The van der Waals surface area contributed by atoms with Crippen LogP contribution in [0.15, 0.2) is 24.3 Å². The molecular formula is C20H35N3O4S. The molecule has 0 radical (unpaired) electrons. The zero-order valence-corrected chi connectivity index (χ0v) is 17.5. The molecule has 0 atom stereocenters. The molecule has 0 aliphatic rings. The SMILES string of the molecule is NCCCCCCCCCCCC(=O)NCCc1ccc(OS(N)(=O)=O)cc1. The van der Waals surface area contributed by atoms with Gasteiger partial charge in [-0.2, -0.15) is 13.6 Å². The number of carbonyl (C=O) groups is 1. The first kappa shape index (κ1) is 24.4. The Morgan fingerprint density at radius 3 is 1.96 bits per heavy atom. The van der Waals surface area contributed by atoms with Crippen molar-refractivity contribution in [2.24, 2.45) is 10.9 Å². The molecule has 0 fully saturated rings. The highest BCUT2D eigenvalue weighted by Gasteiger charge is 2.05. The molecule has 0 aromatic heterocycles. The van der Waals surface area contributed by atoms with E-state index in [4.69, 9.17) is 10.9 Å². The van der Waals surface area contributed by atoms with Crippen LogP contribution in [0, 0.1) is 0 Å². The summed E-state index contributed by atoms with van der Waals surface area (Å²) in [6, 6.07) is 6.59. The predicted molar refractivity (Wildman–Crippen MR) is 112 cm³/mol. The molecule has 0 bridgehead atoms. The van der Waals surface area contributed by atoms with E-state index in [2.05, 4.69) is 9.50 Å². The number of rotatable bonds is 16. The first-order chi connectivity index (χ1) is 13.4. The van der Waals surface area contributed by atoms with Gasteiger partial charge in [0, 0.05) is 13.0 Å². The van der Waals surface area contributed by atoms with Crippen molar-refractivity contribution >= 4 is 16.2 Å². The summed E-state index contributed by atoms with van der Waals surface area (Å²) in [5.41, 5.74) is 6.45. The third-order valence-corrected chi connectivity index (χ3v) is 4.90. The molecule has 0 aliphatic heterocycles. The van der Waals surface area contributed by atoms with Gasteiger partial charge in [0.15, 0.2) is 0 Å². The molecule has 0 unspecified atom stereocenters. The highest BCUT2D eigenvalue weighted by molar-refractivity contribution is 7.84. The lowest BCUT2D eigenvalue weighted by Gasteiger charge is -2.07. The summed E-state index contributed by atoms with van der Waals surface area (Å²) in [6.45, 7) is 1.35. The van der Waals surface area contributed by atoms with Gasteiger partial charge in [-0.25, -0.2) is 0 Å². The Morgan fingerprint density at radius 1 is 0.893 bits per heavy atom. The summed E-state index contributed by atoms with van der Waals surface area (Å²) >= 11 is 0. The highest BCUT2D eigenvalue weighted by atomic mass is 32.2. The summed E-state index contributed by atoms with van der Waals surface area (Å²) in [5, 5.41) is 7.73. The minimum Gasteiger partial charge on any atom is -0.371 e. The molecule has 160 valence electrons. The predicted octanol–water partition coefficient (Wildman–Crippen LogP) is 2.79. The Hall–Kier alpha value is -1.64. The molecule has 1 rings (SSSR count). The van der Waals surface area contributed by atoms with Crippen LogP contribution in [0.4, 0.5) is 0 Å². The van der Waals surface area contributed by atoms with E-state index in [1.165, 1.54) is 38.5 Å². The van der Waals surface area contributed by atoms with Crippen LogP contribution in [0.3, 0.4) is 0 Å². The third-order valence-electron chi connectivity index (χ3n) is 4.48. The zero-order valence-electron chi connectivity index (χ0n) is 16.7. The fraction of sp³-hybridized carbons (Fsp3) is 0.650. The summed E-state index contributed by atoms with van der Waals surface area (Å²) < 4.78 is 26.3. The number of unbranched alkanes of at least 4 members (excludes halogenated alkanes) is 8. The van der Waals surface area contributed by atoms with Crippen LogP contribution in [0.2, 0.25) is 0 Å². The van der Waals surface area contributed by atoms with Crippen LogP contribution in [-0.4, -0.2) is 27.4 Å². The first-order valence-corrected chi connectivity index (χ1v) is 11.7. The molecule has 1 amide bonds. The van der Waals surface area contributed by atoms with Crippen molar-refractivity contribution in [3.63, 3.8) is 0 Å². The molecule has 0 spiro atoms. The molecule has 7 nitrogen and oxygen atoms in total. The molecule has 0 aliphatic carbocycles. The number of hydrogen-bond donors (Lipinski definition) is 3. The van der Waals surface area contributed by atoms with Crippen molar-refractivity contribution in [2.75, 3.05) is 13.1 Å². The van der Waals surface area contributed by atoms with Gasteiger partial charge in [-0.05, 0) is 43.5 Å². The molecule has 28 heavy (non-hydrogen) atoms. The maximum absolute atomic E-state index is 11.9. The van der Waals surface area contributed by atoms with Gasteiger partial charge in [0.25, 0.3) is 0 Å². The molecule has 0 saturated carbocycles. The Balaban J connectivity index is 2.02. The number of carbonyl (C=O) groups excluding carboxylic acids is 1. The Labute approximate surface area is 169 Å². The van der Waals surface area contributed by atoms with Gasteiger partial charge in [0.1, 0.15) is 5.75 Å². The largest absolute Gasteiger partial charge is 0.380 e. The van der Waals surface area contributed by atoms with Crippen LogP contribution in [0.25, 0.3) is 0 Å². The Kier molecular flexibility index (Phi) is 12.5. The average molecular weight is 414 g/mol. The van der Waals surface area contributed by atoms with E-state index >= 15 is 0 Å². The monoisotopic (exact) mass is 413 g/mol. The van der Waals surface area contributed by atoms with Gasteiger partial charge < -0.3 is 15.2 Å². The van der Waals surface area contributed by atoms with E-state index in [0.717, 1.165) is 31.4 Å². The fourth-order valence-electron chi connectivity index (χ4n) is 2.95. The van der Waals surface area contributed by atoms with Gasteiger partial charge in [-0.3, -0.25) is 4.79 Å². The van der Waals surface area contributed by atoms with Crippen LogP contribution in [-0.2, 0) is 21.5 Å². The summed E-state index contributed by atoms with van der Waals surface area (Å²) in [7, 11) is -4.00. The van der Waals surface area contributed by atoms with Crippen molar-refractivity contribution < 1.29 is 17.4 Å². The highest BCUT2D eigenvalue weighted by Crippen LogP contribution is 2.14. The van der Waals surface area contributed by atoms with E-state index in [1.807, 2.05) is 0 Å². The van der Waals surface area contributed by atoms with E-state index in [9.17, 15) is 13.2 Å². The number of hydrogen-bond acceptors (Lipinski definition) is 5. The summed E-state index contributed by atoms with van der Waals surface area (Å²) in [4.78, 5) is 11.9. The van der Waals surface area contributed by atoms with Crippen LogP contribution in [0.1, 0.15) is 69.8 Å². The van der Waals surface area contributed by atoms with E-state index in [1.54, 1.807) is 24.3 Å². The van der Waals surface area contributed by atoms with Gasteiger partial charge >= 0.3 is 10.3 Å². The van der Waals surface area contributed by atoms with E-state index < -0.39 is 10.3 Å². The first-order valence-electron chi connectivity index (χ1n) is 10.2. The lowest BCUT2D eigenvalue weighted by atomic mass is 10.1. The van der Waals surface area contributed by atoms with E-state index in [-0.39, 0.29) is 11.7 Å². The minimum absolute atomic E-state index is 0.0796. The Bertz CT molecular complexity index is 648. The molecule has 1 aromatic rings. The number of nitrogens with one attached hydrogen (secondary N) is 1. The van der Waals surface area contributed by atoms with Gasteiger partial charge in [-0.1, -0.05) is 57.1 Å². The number of benzene rings is 1. The lowest BCUT2D eigenvalue weighted by Crippen LogP contribution is -2.25. The lowest BCUT2D eigenvalue weighted by molar-refractivity contribution is -0.121. The molecular weight excluding hydrogens is 378 g/mol. The quantitative estimate of drug-likeness (QED) is 0.359. The minimum atomic E-state index is -4.00. The van der Waals surface area contributed by atoms with Crippen molar-refractivity contribution in [1.29, 1.82) is 0 Å². The molecule has 5 N–H and O–H groups in total. The Morgan fingerprint density at radius 2 is 1.43 bits per heavy atom. The molecule has 8 heteroatoms. The van der Waals surface area contributed by atoms with E-state index in [0.29, 0.717) is 19.4 Å². The van der Waals surface area contributed by atoms with Crippen molar-refractivity contribution in [3.8, 4) is 5.75 Å². The fourth-order valence-corrected chi connectivity index (χ4v) is 3.33. The standard InChI is InChI=1S/C20H35N3O4S/c21-16-9-7-5-3-1-2-4-6-8-10-20(24)23-17-15-18-11-13-19(14-12-18)27-28(22,25)26/h11-14H,1-10,15-17,21H2,(H,23,24)(H2,22,25,26). The van der Waals surface area contributed by atoms with Gasteiger partial charge in [-0.15, -0.1) is 0 Å². The average Bonchev–Trinajstić information content (AvgIpc) is 2.63. The third kappa shape index (κ3) is 13.5. The maximum atomic E-state index is 11.9. The van der Waals surface area contributed by atoms with Crippen LogP contribution >= 0.6 is 0 Å². The summed E-state index contributed by atoms with van der Waals surface area (Å²) in [5.74, 6) is 0.252. The van der Waals surface area contributed by atoms with Gasteiger partial charge in [0.05, 0.1) is 0 Å². The topological polar surface area (TPSA) is 125 Å². The normalized spacial score (nSPS) is 11.4. The smallest absolute Gasteiger partial charge is 0.371 e. The molecule has 0 heterocycles. The van der Waals surface area contributed by atoms with Gasteiger partial charge in [0.2, 0.25) is 5.91 Å². The number of amides is 1. The van der Waals surface area contributed by atoms with Crippen molar-refractivity contribution in [3.05, 3.63) is 29.8 Å². The van der Waals surface area contributed by atoms with Crippen LogP contribution in [0.5, 0.6) is 5.75 Å². The maximum Gasteiger partial charge on any atom is 0.380 e. The number of nitrogens with two attached hydrogens (primary N) is 2. The van der Waals surface area contributed by atoms with Crippen molar-refractivity contribution in [1.82, 2.24) is 5.32 Å². The second-order valence-corrected chi connectivity index (χ2v) is 8.19. The zero-order chi connectivity index (χ0) is 20.7. The second-order valence-electron chi connectivity index (χ2n) is 7.04. The summed E-state index contributed by atoms with van der Waals surface area (Å²) in [6.07, 6.45) is 11.9. The van der Waals surface area contributed by atoms with Crippen molar-refractivity contribution in [2.45, 2.75) is 70.6 Å².